The molecule has 0 spiro atoms. The quantitative estimate of drug-likeness (QED) is 0.792. The summed E-state index contributed by atoms with van der Waals surface area (Å²) in [5.41, 5.74) is 0. The van der Waals surface area contributed by atoms with E-state index in [-0.39, 0.29) is 11.9 Å². The summed E-state index contributed by atoms with van der Waals surface area (Å²) < 4.78 is 5.24. The molecule has 1 heterocycles. The Kier molecular flexibility index (Phi) is 5.77. The molecule has 0 saturated carbocycles. The van der Waals surface area contributed by atoms with Crippen LogP contribution in [0.4, 0.5) is 0 Å². The Morgan fingerprint density at radius 1 is 1.59 bits per heavy atom. The fourth-order valence-corrected chi connectivity index (χ4v) is 1.65. The third kappa shape index (κ3) is 5.04. The Labute approximate surface area is 103 Å². The van der Waals surface area contributed by atoms with E-state index in [1.165, 1.54) is 0 Å². The third-order valence-electron chi connectivity index (χ3n) is 2.65. The SMILES string of the molecule is CCCCN(C)CC(=O)NC(C)c1ccco1. The van der Waals surface area contributed by atoms with Crippen LogP contribution in [0.2, 0.25) is 0 Å². The molecule has 1 amide bonds. The summed E-state index contributed by atoms with van der Waals surface area (Å²) in [6.07, 6.45) is 3.89. The van der Waals surface area contributed by atoms with Gasteiger partial charge in [0.05, 0.1) is 18.8 Å². The zero-order valence-corrected chi connectivity index (χ0v) is 10.9. The number of unbranched alkanes of at least 4 members (excludes halogenated alkanes) is 1. The molecule has 0 radical (unpaired) electrons. The van der Waals surface area contributed by atoms with E-state index >= 15 is 0 Å². The first-order chi connectivity index (χ1) is 8.13. The Bertz CT molecular complexity index is 322. The molecule has 0 fully saturated rings. The van der Waals surface area contributed by atoms with Gasteiger partial charge >= 0.3 is 0 Å². The molecule has 4 nitrogen and oxygen atoms in total. The molecule has 17 heavy (non-hydrogen) atoms. The van der Waals surface area contributed by atoms with Crippen molar-refractivity contribution in [3.05, 3.63) is 24.2 Å². The predicted octanol–water partition coefficient (Wildman–Crippen LogP) is 2.19. The van der Waals surface area contributed by atoms with E-state index in [4.69, 9.17) is 4.42 Å². The zero-order valence-electron chi connectivity index (χ0n) is 10.9. The molecule has 0 aromatic carbocycles. The molecule has 1 unspecified atom stereocenters. The fraction of sp³-hybridized carbons (Fsp3) is 0.615. The number of carbonyl (C=O) groups is 1. The van der Waals surface area contributed by atoms with Crippen molar-refractivity contribution in [2.24, 2.45) is 0 Å². The van der Waals surface area contributed by atoms with Crippen molar-refractivity contribution < 1.29 is 9.21 Å². The lowest BCUT2D eigenvalue weighted by Gasteiger charge is -2.17. The number of nitrogens with one attached hydrogen (secondary N) is 1. The molecule has 0 bridgehead atoms. The maximum Gasteiger partial charge on any atom is 0.234 e. The molecule has 96 valence electrons. The second-order valence-electron chi connectivity index (χ2n) is 4.40. The van der Waals surface area contributed by atoms with Crippen LogP contribution in [0, 0.1) is 0 Å². The third-order valence-corrected chi connectivity index (χ3v) is 2.65. The second-order valence-corrected chi connectivity index (χ2v) is 4.40. The smallest absolute Gasteiger partial charge is 0.234 e. The minimum Gasteiger partial charge on any atom is -0.467 e. The van der Waals surface area contributed by atoms with Crippen LogP contribution in [0.3, 0.4) is 0 Å². The van der Waals surface area contributed by atoms with Crippen LogP contribution in [0.25, 0.3) is 0 Å². The average molecular weight is 238 g/mol. The molecule has 0 aliphatic rings. The number of hydrogen-bond acceptors (Lipinski definition) is 3. The van der Waals surface area contributed by atoms with Crippen LogP contribution < -0.4 is 5.32 Å². The van der Waals surface area contributed by atoms with Gasteiger partial charge in [0.25, 0.3) is 0 Å². The molecule has 1 atom stereocenters. The molecule has 1 aromatic rings. The molecule has 1 aromatic heterocycles. The molecular formula is C13H22N2O2. The summed E-state index contributed by atoms with van der Waals surface area (Å²) in [5, 5.41) is 2.92. The molecular weight excluding hydrogens is 216 g/mol. The first-order valence-electron chi connectivity index (χ1n) is 6.14. The van der Waals surface area contributed by atoms with Gasteiger partial charge in [-0.1, -0.05) is 13.3 Å². The van der Waals surface area contributed by atoms with E-state index in [0.717, 1.165) is 25.1 Å². The highest BCUT2D eigenvalue weighted by Gasteiger charge is 2.12. The summed E-state index contributed by atoms with van der Waals surface area (Å²) in [6, 6.07) is 3.62. The molecule has 0 aliphatic carbocycles. The lowest BCUT2D eigenvalue weighted by molar-refractivity contribution is -0.122. The fourth-order valence-electron chi connectivity index (χ4n) is 1.65. The van der Waals surface area contributed by atoms with Gasteiger partial charge in [-0.25, -0.2) is 0 Å². The summed E-state index contributed by atoms with van der Waals surface area (Å²) >= 11 is 0. The van der Waals surface area contributed by atoms with Gasteiger partial charge in [-0.05, 0) is 39.1 Å². The van der Waals surface area contributed by atoms with Gasteiger partial charge in [-0.3, -0.25) is 9.69 Å². The van der Waals surface area contributed by atoms with Gasteiger partial charge in [-0.2, -0.15) is 0 Å². The minimum atomic E-state index is -0.0722. The van der Waals surface area contributed by atoms with Crippen molar-refractivity contribution in [3.8, 4) is 0 Å². The van der Waals surface area contributed by atoms with Gasteiger partial charge in [-0.15, -0.1) is 0 Å². The van der Waals surface area contributed by atoms with Crippen molar-refractivity contribution >= 4 is 5.91 Å². The number of likely N-dealkylation sites (N-methyl/N-ethyl adjacent to an activating group) is 1. The van der Waals surface area contributed by atoms with Gasteiger partial charge in [0.2, 0.25) is 5.91 Å². The summed E-state index contributed by atoms with van der Waals surface area (Å²) in [5.74, 6) is 0.821. The average Bonchev–Trinajstić information content (AvgIpc) is 2.79. The Balaban J connectivity index is 2.29. The van der Waals surface area contributed by atoms with Crippen molar-refractivity contribution in [2.45, 2.75) is 32.7 Å². The first kappa shape index (κ1) is 13.8. The molecule has 4 heteroatoms. The van der Waals surface area contributed by atoms with E-state index in [1.807, 2.05) is 31.0 Å². The van der Waals surface area contributed by atoms with E-state index in [9.17, 15) is 4.79 Å². The highest BCUT2D eigenvalue weighted by Crippen LogP contribution is 2.11. The van der Waals surface area contributed by atoms with Gasteiger partial charge in [0.15, 0.2) is 0 Å². The lowest BCUT2D eigenvalue weighted by Crippen LogP contribution is -2.36. The lowest BCUT2D eigenvalue weighted by atomic mass is 10.2. The van der Waals surface area contributed by atoms with Gasteiger partial charge in [0, 0.05) is 0 Å². The molecule has 1 rings (SSSR count). The summed E-state index contributed by atoms with van der Waals surface area (Å²) in [6.45, 7) is 5.46. The van der Waals surface area contributed by atoms with Crippen LogP contribution in [-0.2, 0) is 4.79 Å². The first-order valence-corrected chi connectivity index (χ1v) is 6.14. The monoisotopic (exact) mass is 238 g/mol. The highest BCUT2D eigenvalue weighted by atomic mass is 16.3. The van der Waals surface area contributed by atoms with Gasteiger partial charge < -0.3 is 9.73 Å². The number of furan rings is 1. The summed E-state index contributed by atoms with van der Waals surface area (Å²) in [7, 11) is 1.97. The van der Waals surface area contributed by atoms with Crippen molar-refractivity contribution in [1.29, 1.82) is 0 Å². The number of hydrogen-bond donors (Lipinski definition) is 1. The second kappa shape index (κ2) is 7.12. The predicted molar refractivity (Wildman–Crippen MR) is 67.7 cm³/mol. The number of carbonyl (C=O) groups excluding carboxylic acids is 1. The Morgan fingerprint density at radius 2 is 2.35 bits per heavy atom. The minimum absolute atomic E-state index is 0.0347. The standard InChI is InChI=1S/C13H22N2O2/c1-4-5-8-15(3)10-13(16)14-11(2)12-7-6-9-17-12/h6-7,9,11H,4-5,8,10H2,1-3H3,(H,14,16). The summed E-state index contributed by atoms with van der Waals surface area (Å²) in [4.78, 5) is 13.8. The van der Waals surface area contributed by atoms with E-state index < -0.39 is 0 Å². The largest absolute Gasteiger partial charge is 0.467 e. The maximum absolute atomic E-state index is 11.7. The van der Waals surface area contributed by atoms with Crippen molar-refractivity contribution in [1.82, 2.24) is 10.2 Å². The van der Waals surface area contributed by atoms with E-state index in [0.29, 0.717) is 6.54 Å². The van der Waals surface area contributed by atoms with Gasteiger partial charge in [0.1, 0.15) is 5.76 Å². The number of rotatable bonds is 7. The molecule has 1 N–H and O–H groups in total. The normalized spacial score (nSPS) is 12.7. The molecule has 0 saturated heterocycles. The van der Waals surface area contributed by atoms with Crippen molar-refractivity contribution in [2.75, 3.05) is 20.1 Å². The van der Waals surface area contributed by atoms with Crippen LogP contribution in [-0.4, -0.2) is 30.9 Å². The molecule has 0 aliphatic heterocycles. The zero-order chi connectivity index (χ0) is 12.7. The Hall–Kier alpha value is -1.29. The van der Waals surface area contributed by atoms with Crippen molar-refractivity contribution in [3.63, 3.8) is 0 Å². The van der Waals surface area contributed by atoms with Crippen LogP contribution >= 0.6 is 0 Å². The number of nitrogens with zero attached hydrogens (tertiary/aromatic N) is 1. The van der Waals surface area contributed by atoms with E-state index in [2.05, 4.69) is 12.2 Å². The topological polar surface area (TPSA) is 45.5 Å². The van der Waals surface area contributed by atoms with E-state index in [1.54, 1.807) is 6.26 Å². The van der Waals surface area contributed by atoms with Crippen LogP contribution in [0.15, 0.2) is 22.8 Å². The van der Waals surface area contributed by atoms with Crippen LogP contribution in [0.5, 0.6) is 0 Å². The maximum atomic E-state index is 11.7. The Morgan fingerprint density at radius 3 is 2.94 bits per heavy atom. The van der Waals surface area contributed by atoms with Crippen LogP contribution in [0.1, 0.15) is 38.5 Å². The number of amides is 1. The highest BCUT2D eigenvalue weighted by molar-refractivity contribution is 5.78.